The quantitative estimate of drug-likeness (QED) is 0.816. The van der Waals surface area contributed by atoms with Gasteiger partial charge in [0, 0.05) is 10.2 Å². The topological polar surface area (TPSA) is 41.1 Å². The van der Waals surface area contributed by atoms with E-state index in [1.54, 1.807) is 0 Å². The first-order valence-corrected chi connectivity index (χ1v) is 7.44. The molecule has 0 aliphatic heterocycles. The molecular formula is C15H19BrN2O. The van der Waals surface area contributed by atoms with Crippen LogP contribution in [0, 0.1) is 5.92 Å². The Morgan fingerprint density at radius 2 is 2.05 bits per heavy atom. The normalized spacial score (nSPS) is 18.3. The third kappa shape index (κ3) is 5.17. The van der Waals surface area contributed by atoms with Crippen molar-refractivity contribution in [1.29, 1.82) is 0 Å². The highest BCUT2D eigenvalue weighted by Crippen LogP contribution is 2.17. The SMILES string of the molecule is O=C(CNCC1CC=CCC1)Nc1ccc(Br)cc1. The van der Waals surface area contributed by atoms with Gasteiger partial charge in [0.15, 0.2) is 0 Å². The summed E-state index contributed by atoms with van der Waals surface area (Å²) in [5.74, 6) is 0.680. The molecule has 1 atom stereocenters. The van der Waals surface area contributed by atoms with Crippen LogP contribution < -0.4 is 10.6 Å². The molecule has 1 aliphatic rings. The third-order valence-corrected chi connectivity index (χ3v) is 3.75. The fourth-order valence-corrected chi connectivity index (χ4v) is 2.43. The van der Waals surface area contributed by atoms with E-state index in [1.165, 1.54) is 6.42 Å². The van der Waals surface area contributed by atoms with Crippen LogP contribution in [0.3, 0.4) is 0 Å². The smallest absolute Gasteiger partial charge is 0.238 e. The molecule has 1 aromatic rings. The number of hydrogen-bond acceptors (Lipinski definition) is 2. The minimum Gasteiger partial charge on any atom is -0.325 e. The number of hydrogen-bond donors (Lipinski definition) is 2. The second kappa shape index (κ2) is 7.46. The summed E-state index contributed by atoms with van der Waals surface area (Å²) in [6, 6.07) is 7.59. The number of anilines is 1. The lowest BCUT2D eigenvalue weighted by Gasteiger charge is -2.17. The third-order valence-electron chi connectivity index (χ3n) is 3.22. The Bertz CT molecular complexity index is 442. The Labute approximate surface area is 122 Å². The monoisotopic (exact) mass is 322 g/mol. The van der Waals surface area contributed by atoms with Crippen molar-refractivity contribution in [2.45, 2.75) is 19.3 Å². The maximum atomic E-state index is 11.7. The fourth-order valence-electron chi connectivity index (χ4n) is 2.17. The summed E-state index contributed by atoms with van der Waals surface area (Å²) in [5.41, 5.74) is 0.829. The lowest BCUT2D eigenvalue weighted by molar-refractivity contribution is -0.115. The van der Waals surface area contributed by atoms with Crippen LogP contribution in [0.25, 0.3) is 0 Å². The first-order chi connectivity index (χ1) is 9.24. The minimum absolute atomic E-state index is 0.00803. The molecule has 2 N–H and O–H groups in total. The molecule has 0 bridgehead atoms. The average Bonchev–Trinajstić information content (AvgIpc) is 2.43. The van der Waals surface area contributed by atoms with Gasteiger partial charge in [-0.3, -0.25) is 4.79 Å². The number of halogens is 1. The summed E-state index contributed by atoms with van der Waals surface area (Å²) in [4.78, 5) is 11.7. The lowest BCUT2D eigenvalue weighted by atomic mass is 9.94. The predicted molar refractivity (Wildman–Crippen MR) is 82.1 cm³/mol. The van der Waals surface area contributed by atoms with Crippen LogP contribution in [0.2, 0.25) is 0 Å². The molecule has 3 nitrogen and oxygen atoms in total. The minimum atomic E-state index is 0.00803. The molecule has 4 heteroatoms. The maximum absolute atomic E-state index is 11.7. The zero-order valence-electron chi connectivity index (χ0n) is 10.9. The van der Waals surface area contributed by atoms with Crippen LogP contribution in [-0.2, 0) is 4.79 Å². The van der Waals surface area contributed by atoms with E-state index in [0.29, 0.717) is 12.5 Å². The summed E-state index contributed by atoms with van der Waals surface area (Å²) in [7, 11) is 0. The van der Waals surface area contributed by atoms with Gasteiger partial charge in [0.1, 0.15) is 0 Å². The van der Waals surface area contributed by atoms with Gasteiger partial charge in [0.05, 0.1) is 6.54 Å². The summed E-state index contributed by atoms with van der Waals surface area (Å²) in [6.45, 7) is 1.29. The van der Waals surface area contributed by atoms with Gasteiger partial charge >= 0.3 is 0 Å². The first-order valence-electron chi connectivity index (χ1n) is 6.65. The molecule has 1 aromatic carbocycles. The van der Waals surface area contributed by atoms with Crippen molar-refractivity contribution in [2.24, 2.45) is 5.92 Å². The van der Waals surface area contributed by atoms with Crippen LogP contribution in [0.1, 0.15) is 19.3 Å². The van der Waals surface area contributed by atoms with E-state index in [2.05, 4.69) is 38.7 Å². The molecule has 102 valence electrons. The number of benzene rings is 1. The molecule has 1 aliphatic carbocycles. The maximum Gasteiger partial charge on any atom is 0.238 e. The van der Waals surface area contributed by atoms with Gasteiger partial charge in [-0.2, -0.15) is 0 Å². The predicted octanol–water partition coefficient (Wildman–Crippen LogP) is 3.33. The van der Waals surface area contributed by atoms with Crippen LogP contribution in [0.4, 0.5) is 5.69 Å². The van der Waals surface area contributed by atoms with Crippen molar-refractivity contribution >= 4 is 27.5 Å². The molecule has 2 rings (SSSR count). The molecule has 0 spiro atoms. The highest BCUT2D eigenvalue weighted by molar-refractivity contribution is 9.10. The van der Waals surface area contributed by atoms with Crippen molar-refractivity contribution in [3.63, 3.8) is 0 Å². The zero-order chi connectivity index (χ0) is 13.5. The Kier molecular flexibility index (Phi) is 5.61. The van der Waals surface area contributed by atoms with Crippen LogP contribution >= 0.6 is 15.9 Å². The van der Waals surface area contributed by atoms with Crippen molar-refractivity contribution in [2.75, 3.05) is 18.4 Å². The molecular weight excluding hydrogens is 304 g/mol. The Balaban J connectivity index is 1.67. The van der Waals surface area contributed by atoms with E-state index in [9.17, 15) is 4.79 Å². The summed E-state index contributed by atoms with van der Waals surface area (Å²) in [5, 5.41) is 6.10. The van der Waals surface area contributed by atoms with Gasteiger partial charge in [0.2, 0.25) is 5.91 Å². The van der Waals surface area contributed by atoms with Gasteiger partial charge in [0.25, 0.3) is 0 Å². The summed E-state index contributed by atoms with van der Waals surface area (Å²) in [6.07, 6.45) is 7.98. The first kappa shape index (κ1) is 14.3. The fraction of sp³-hybridized carbons (Fsp3) is 0.400. The largest absolute Gasteiger partial charge is 0.325 e. The molecule has 0 saturated heterocycles. The standard InChI is InChI=1S/C15H19BrN2O/c16-13-6-8-14(9-7-13)18-15(19)11-17-10-12-4-2-1-3-5-12/h1-2,6-9,12,17H,3-5,10-11H2,(H,18,19). The zero-order valence-corrected chi connectivity index (χ0v) is 12.4. The molecule has 1 amide bonds. The molecule has 0 heterocycles. The number of carbonyl (C=O) groups excluding carboxylic acids is 1. The van der Waals surface area contributed by atoms with Crippen LogP contribution in [0.15, 0.2) is 40.9 Å². The Morgan fingerprint density at radius 1 is 1.26 bits per heavy atom. The van der Waals surface area contributed by atoms with Crippen LogP contribution in [-0.4, -0.2) is 19.0 Å². The van der Waals surface area contributed by atoms with Gasteiger partial charge in [-0.05, 0) is 56.0 Å². The van der Waals surface area contributed by atoms with Gasteiger partial charge in [-0.1, -0.05) is 28.1 Å². The van der Waals surface area contributed by atoms with E-state index >= 15 is 0 Å². The Hall–Kier alpha value is -1.13. The molecule has 1 unspecified atom stereocenters. The van der Waals surface area contributed by atoms with E-state index < -0.39 is 0 Å². The van der Waals surface area contributed by atoms with Crippen molar-refractivity contribution in [3.05, 3.63) is 40.9 Å². The van der Waals surface area contributed by atoms with E-state index in [-0.39, 0.29) is 5.91 Å². The van der Waals surface area contributed by atoms with Gasteiger partial charge < -0.3 is 10.6 Å². The Morgan fingerprint density at radius 3 is 2.74 bits per heavy atom. The number of carbonyl (C=O) groups is 1. The second-order valence-electron chi connectivity index (χ2n) is 4.84. The number of rotatable bonds is 5. The van der Waals surface area contributed by atoms with Crippen molar-refractivity contribution in [3.8, 4) is 0 Å². The molecule has 0 fully saturated rings. The molecule has 0 saturated carbocycles. The highest BCUT2D eigenvalue weighted by Gasteiger charge is 2.10. The molecule has 0 radical (unpaired) electrons. The molecule has 19 heavy (non-hydrogen) atoms. The van der Waals surface area contributed by atoms with Crippen molar-refractivity contribution < 1.29 is 4.79 Å². The summed E-state index contributed by atoms with van der Waals surface area (Å²) < 4.78 is 1.01. The number of allylic oxidation sites excluding steroid dienone is 2. The van der Waals surface area contributed by atoms with E-state index in [0.717, 1.165) is 29.5 Å². The van der Waals surface area contributed by atoms with Crippen LogP contribution in [0.5, 0.6) is 0 Å². The second-order valence-corrected chi connectivity index (χ2v) is 5.75. The van der Waals surface area contributed by atoms with E-state index in [4.69, 9.17) is 0 Å². The van der Waals surface area contributed by atoms with E-state index in [1.807, 2.05) is 24.3 Å². The summed E-state index contributed by atoms with van der Waals surface area (Å²) >= 11 is 3.37. The average molecular weight is 323 g/mol. The van der Waals surface area contributed by atoms with Gasteiger partial charge in [-0.25, -0.2) is 0 Å². The highest BCUT2D eigenvalue weighted by atomic mass is 79.9. The molecule has 0 aromatic heterocycles. The van der Waals surface area contributed by atoms with Crippen molar-refractivity contribution in [1.82, 2.24) is 5.32 Å². The lowest BCUT2D eigenvalue weighted by Crippen LogP contribution is -2.32. The number of nitrogens with one attached hydrogen (secondary N) is 2. The van der Waals surface area contributed by atoms with Gasteiger partial charge in [-0.15, -0.1) is 0 Å². The number of amides is 1.